The van der Waals surface area contributed by atoms with Crippen LogP contribution in [-0.4, -0.2) is 19.7 Å². The van der Waals surface area contributed by atoms with E-state index in [1.54, 1.807) is 18.6 Å². The number of aryl methyl sites for hydroxylation is 1. The van der Waals surface area contributed by atoms with Crippen molar-refractivity contribution >= 4 is 17.3 Å². The van der Waals surface area contributed by atoms with Crippen molar-refractivity contribution in [1.82, 2.24) is 19.7 Å². The van der Waals surface area contributed by atoms with Crippen molar-refractivity contribution < 1.29 is 0 Å². The molecule has 19 heavy (non-hydrogen) atoms. The third kappa shape index (κ3) is 2.78. The number of hydrogen-bond donors (Lipinski definition) is 2. The standard InChI is InChI=1S/C12H16ClN5O/c1-3-8(11-14-5-6-15-11)17-9-7-16-18(4-2)12(19)10(9)13/h5-8,17H,3-4H2,1-2H3,(H,14,15). The highest BCUT2D eigenvalue weighted by molar-refractivity contribution is 6.32. The highest BCUT2D eigenvalue weighted by Crippen LogP contribution is 2.23. The molecule has 0 aliphatic heterocycles. The predicted molar refractivity (Wildman–Crippen MR) is 74.4 cm³/mol. The SMILES string of the molecule is CCC(Nc1cnn(CC)c(=O)c1Cl)c1ncc[nH]1. The van der Waals surface area contributed by atoms with Gasteiger partial charge in [0.2, 0.25) is 0 Å². The molecular weight excluding hydrogens is 266 g/mol. The molecule has 7 heteroatoms. The van der Waals surface area contributed by atoms with Gasteiger partial charge in [0.05, 0.1) is 17.9 Å². The van der Waals surface area contributed by atoms with Gasteiger partial charge in [-0.15, -0.1) is 0 Å². The van der Waals surface area contributed by atoms with Gasteiger partial charge in [0.1, 0.15) is 10.8 Å². The van der Waals surface area contributed by atoms with E-state index >= 15 is 0 Å². The van der Waals surface area contributed by atoms with E-state index in [0.717, 1.165) is 12.2 Å². The molecule has 2 aromatic rings. The molecule has 2 aromatic heterocycles. The van der Waals surface area contributed by atoms with Crippen molar-refractivity contribution in [3.05, 3.63) is 39.8 Å². The van der Waals surface area contributed by atoms with Crippen molar-refractivity contribution in [2.45, 2.75) is 32.9 Å². The Morgan fingerprint density at radius 3 is 2.89 bits per heavy atom. The zero-order valence-corrected chi connectivity index (χ0v) is 11.6. The van der Waals surface area contributed by atoms with E-state index in [0.29, 0.717) is 12.2 Å². The van der Waals surface area contributed by atoms with E-state index in [4.69, 9.17) is 11.6 Å². The van der Waals surface area contributed by atoms with E-state index in [9.17, 15) is 4.79 Å². The van der Waals surface area contributed by atoms with E-state index in [1.807, 2.05) is 13.8 Å². The van der Waals surface area contributed by atoms with Crippen molar-refractivity contribution in [1.29, 1.82) is 0 Å². The van der Waals surface area contributed by atoms with Gasteiger partial charge >= 0.3 is 0 Å². The van der Waals surface area contributed by atoms with Gasteiger partial charge in [0.15, 0.2) is 0 Å². The quantitative estimate of drug-likeness (QED) is 0.881. The van der Waals surface area contributed by atoms with E-state index in [2.05, 4.69) is 20.4 Å². The molecule has 102 valence electrons. The Morgan fingerprint density at radius 1 is 1.53 bits per heavy atom. The Morgan fingerprint density at radius 2 is 2.32 bits per heavy atom. The van der Waals surface area contributed by atoms with Crippen LogP contribution in [0.4, 0.5) is 5.69 Å². The average molecular weight is 282 g/mol. The average Bonchev–Trinajstić information content (AvgIpc) is 2.94. The number of imidazole rings is 1. The van der Waals surface area contributed by atoms with Crippen molar-refractivity contribution in [3.63, 3.8) is 0 Å². The lowest BCUT2D eigenvalue weighted by Crippen LogP contribution is -2.24. The topological polar surface area (TPSA) is 75.6 Å². The molecule has 0 amide bonds. The van der Waals surface area contributed by atoms with Crippen LogP contribution in [0.5, 0.6) is 0 Å². The Kier molecular flexibility index (Phi) is 4.21. The van der Waals surface area contributed by atoms with Gasteiger partial charge in [-0.2, -0.15) is 5.10 Å². The Labute approximate surface area is 115 Å². The van der Waals surface area contributed by atoms with Gasteiger partial charge in [0, 0.05) is 18.9 Å². The van der Waals surface area contributed by atoms with Crippen LogP contribution in [0.15, 0.2) is 23.4 Å². The molecule has 0 radical (unpaired) electrons. The van der Waals surface area contributed by atoms with Gasteiger partial charge in [-0.1, -0.05) is 18.5 Å². The summed E-state index contributed by atoms with van der Waals surface area (Å²) in [7, 11) is 0. The van der Waals surface area contributed by atoms with E-state index in [1.165, 1.54) is 4.68 Å². The molecule has 0 aromatic carbocycles. The summed E-state index contributed by atoms with van der Waals surface area (Å²) < 4.78 is 1.32. The van der Waals surface area contributed by atoms with Gasteiger partial charge in [0.25, 0.3) is 5.56 Å². The van der Waals surface area contributed by atoms with Crippen molar-refractivity contribution in [3.8, 4) is 0 Å². The number of anilines is 1. The summed E-state index contributed by atoms with van der Waals surface area (Å²) in [6, 6.07) is -0.0359. The normalized spacial score (nSPS) is 12.4. The highest BCUT2D eigenvalue weighted by Gasteiger charge is 2.15. The third-order valence-electron chi connectivity index (χ3n) is 2.87. The first-order valence-corrected chi connectivity index (χ1v) is 6.56. The maximum Gasteiger partial charge on any atom is 0.287 e. The summed E-state index contributed by atoms with van der Waals surface area (Å²) in [4.78, 5) is 19.1. The van der Waals surface area contributed by atoms with E-state index < -0.39 is 0 Å². The molecule has 1 unspecified atom stereocenters. The van der Waals surface area contributed by atoms with Gasteiger partial charge in [-0.25, -0.2) is 9.67 Å². The second kappa shape index (κ2) is 5.88. The molecule has 6 nitrogen and oxygen atoms in total. The second-order valence-corrected chi connectivity index (χ2v) is 4.45. The zero-order chi connectivity index (χ0) is 13.8. The minimum atomic E-state index is -0.288. The predicted octanol–water partition coefficient (Wildman–Crippen LogP) is 2.20. The van der Waals surface area contributed by atoms with Crippen molar-refractivity contribution in [2.24, 2.45) is 0 Å². The maximum atomic E-state index is 11.9. The van der Waals surface area contributed by atoms with Crippen LogP contribution in [0.3, 0.4) is 0 Å². The number of aromatic amines is 1. The Balaban J connectivity index is 2.28. The number of nitrogens with one attached hydrogen (secondary N) is 2. The van der Waals surface area contributed by atoms with Gasteiger partial charge in [-0.3, -0.25) is 4.79 Å². The minimum Gasteiger partial charge on any atom is -0.372 e. The summed E-state index contributed by atoms with van der Waals surface area (Å²) in [5.74, 6) is 0.804. The summed E-state index contributed by atoms with van der Waals surface area (Å²) in [5.41, 5.74) is 0.239. The molecule has 0 bridgehead atoms. The molecule has 0 saturated carbocycles. The zero-order valence-electron chi connectivity index (χ0n) is 10.9. The summed E-state index contributed by atoms with van der Waals surface area (Å²) in [5, 5.41) is 7.40. The molecule has 0 aliphatic carbocycles. The first-order valence-electron chi connectivity index (χ1n) is 6.18. The monoisotopic (exact) mass is 281 g/mol. The minimum absolute atomic E-state index is 0.0359. The summed E-state index contributed by atoms with van der Waals surface area (Å²) >= 11 is 6.07. The number of nitrogens with zero attached hydrogens (tertiary/aromatic N) is 3. The lowest BCUT2D eigenvalue weighted by atomic mass is 10.2. The molecule has 0 spiro atoms. The fraction of sp³-hybridized carbons (Fsp3) is 0.417. The molecule has 0 fully saturated rings. The lowest BCUT2D eigenvalue weighted by Gasteiger charge is -2.17. The molecule has 1 atom stereocenters. The van der Waals surface area contributed by atoms with Crippen LogP contribution in [0.1, 0.15) is 32.1 Å². The van der Waals surface area contributed by atoms with Crippen LogP contribution in [-0.2, 0) is 6.54 Å². The smallest absolute Gasteiger partial charge is 0.287 e. The van der Waals surface area contributed by atoms with Crippen molar-refractivity contribution in [2.75, 3.05) is 5.32 Å². The molecule has 0 aliphatic rings. The van der Waals surface area contributed by atoms with E-state index in [-0.39, 0.29) is 16.6 Å². The number of aromatic nitrogens is 4. The van der Waals surface area contributed by atoms with Crippen LogP contribution in [0.2, 0.25) is 5.02 Å². The number of halogens is 1. The second-order valence-electron chi connectivity index (χ2n) is 4.07. The molecule has 2 N–H and O–H groups in total. The first kappa shape index (κ1) is 13.6. The van der Waals surface area contributed by atoms with Crippen LogP contribution in [0.25, 0.3) is 0 Å². The number of rotatable bonds is 5. The largest absolute Gasteiger partial charge is 0.372 e. The molecule has 2 heterocycles. The lowest BCUT2D eigenvalue weighted by molar-refractivity contribution is 0.614. The van der Waals surface area contributed by atoms with Gasteiger partial charge in [-0.05, 0) is 13.3 Å². The highest BCUT2D eigenvalue weighted by atomic mass is 35.5. The van der Waals surface area contributed by atoms with Crippen LogP contribution < -0.4 is 10.9 Å². The Bertz CT molecular complexity index is 593. The summed E-state index contributed by atoms with van der Waals surface area (Å²) in [6.07, 6.45) is 5.82. The van der Waals surface area contributed by atoms with Crippen LogP contribution in [0, 0.1) is 0 Å². The fourth-order valence-corrected chi connectivity index (χ4v) is 2.01. The van der Waals surface area contributed by atoms with Gasteiger partial charge < -0.3 is 10.3 Å². The third-order valence-corrected chi connectivity index (χ3v) is 3.24. The number of hydrogen-bond acceptors (Lipinski definition) is 4. The summed E-state index contributed by atoms with van der Waals surface area (Å²) in [6.45, 7) is 4.36. The Hall–Kier alpha value is -1.82. The van der Waals surface area contributed by atoms with Crippen LogP contribution >= 0.6 is 11.6 Å². The molecule has 0 saturated heterocycles. The molecular formula is C12H16ClN5O. The number of H-pyrrole nitrogens is 1. The first-order chi connectivity index (χ1) is 9.17. The molecule has 2 rings (SSSR count). The maximum absolute atomic E-state index is 11.9. The fourth-order valence-electron chi connectivity index (χ4n) is 1.81.